The molecule has 0 atom stereocenters. The molecule has 23 heavy (non-hydrogen) atoms. The van der Waals surface area contributed by atoms with E-state index in [4.69, 9.17) is 4.74 Å². The largest absolute Gasteiger partial charge is 0.497 e. The summed E-state index contributed by atoms with van der Waals surface area (Å²) in [6, 6.07) is 21.5. The molecule has 0 aliphatic heterocycles. The first-order chi connectivity index (χ1) is 11.3. The molecule has 0 bridgehead atoms. The molecule has 0 heterocycles. The van der Waals surface area contributed by atoms with Crippen LogP contribution in [0.25, 0.3) is 0 Å². The second kappa shape index (κ2) is 6.70. The van der Waals surface area contributed by atoms with Crippen LogP contribution in [0.15, 0.2) is 96.3 Å². The summed E-state index contributed by atoms with van der Waals surface area (Å²) >= 11 is 0. The molecule has 0 aromatic heterocycles. The fraction of sp³-hybridized carbons (Fsp3) is 0.182. The molecule has 2 aromatic carbocycles. The molecule has 1 aliphatic rings. The van der Waals surface area contributed by atoms with Gasteiger partial charge in [-0.2, -0.15) is 0 Å². The molecule has 0 saturated heterocycles. The van der Waals surface area contributed by atoms with E-state index >= 15 is 0 Å². The van der Waals surface area contributed by atoms with Gasteiger partial charge in [0.25, 0.3) is 0 Å². The molecule has 0 N–H and O–H groups in total. The van der Waals surface area contributed by atoms with Crippen LogP contribution in [-0.4, -0.2) is 7.11 Å². The second-order valence-electron chi connectivity index (χ2n) is 5.87. The van der Waals surface area contributed by atoms with Crippen LogP contribution < -0.4 is 0 Å². The third-order valence-electron chi connectivity index (χ3n) is 4.65. The maximum Gasteiger partial charge on any atom is 0.118 e. The number of ether oxygens (including phenoxy) is 1. The van der Waals surface area contributed by atoms with Gasteiger partial charge in [0.1, 0.15) is 5.76 Å². The van der Waals surface area contributed by atoms with Crippen molar-refractivity contribution in [2.45, 2.75) is 18.8 Å². The van der Waals surface area contributed by atoms with Gasteiger partial charge in [0.2, 0.25) is 0 Å². The summed E-state index contributed by atoms with van der Waals surface area (Å²) in [5.41, 5.74) is 3.81. The third kappa shape index (κ3) is 2.87. The van der Waals surface area contributed by atoms with Gasteiger partial charge in [0, 0.05) is 5.41 Å². The Bertz CT molecular complexity index is 697. The molecule has 116 valence electrons. The Morgan fingerprint density at radius 1 is 0.826 bits per heavy atom. The summed E-state index contributed by atoms with van der Waals surface area (Å²) in [6.07, 6.45) is 9.41. The van der Waals surface area contributed by atoms with Gasteiger partial charge < -0.3 is 4.74 Å². The highest BCUT2D eigenvalue weighted by molar-refractivity contribution is 5.50. The zero-order valence-corrected chi connectivity index (χ0v) is 13.7. The maximum absolute atomic E-state index is 5.38. The van der Waals surface area contributed by atoms with E-state index in [1.165, 1.54) is 16.7 Å². The lowest BCUT2D eigenvalue weighted by atomic mass is 9.67. The minimum Gasteiger partial charge on any atom is -0.497 e. The first kappa shape index (κ1) is 15.4. The van der Waals surface area contributed by atoms with E-state index in [9.17, 15) is 0 Å². The molecule has 3 rings (SSSR count). The summed E-state index contributed by atoms with van der Waals surface area (Å²) in [5, 5.41) is 0. The number of hydrogen-bond donors (Lipinski definition) is 0. The quantitative estimate of drug-likeness (QED) is 0.736. The molecule has 2 aromatic rings. The van der Waals surface area contributed by atoms with Crippen molar-refractivity contribution in [2.24, 2.45) is 0 Å². The highest BCUT2D eigenvalue weighted by Crippen LogP contribution is 2.43. The van der Waals surface area contributed by atoms with Crippen LogP contribution in [0.2, 0.25) is 0 Å². The smallest absolute Gasteiger partial charge is 0.118 e. The average molecular weight is 302 g/mol. The van der Waals surface area contributed by atoms with Gasteiger partial charge in [-0.25, -0.2) is 0 Å². The van der Waals surface area contributed by atoms with E-state index in [2.05, 4.69) is 85.8 Å². The minimum absolute atomic E-state index is 0.144. The van der Waals surface area contributed by atoms with Gasteiger partial charge >= 0.3 is 0 Å². The first-order valence-corrected chi connectivity index (χ1v) is 7.98. The molecule has 0 fully saturated rings. The van der Waals surface area contributed by atoms with Crippen molar-refractivity contribution in [1.29, 1.82) is 0 Å². The molecule has 0 saturated carbocycles. The van der Waals surface area contributed by atoms with Crippen LogP contribution in [0.4, 0.5) is 0 Å². The molecule has 1 heteroatoms. The van der Waals surface area contributed by atoms with Crippen LogP contribution >= 0.6 is 0 Å². The summed E-state index contributed by atoms with van der Waals surface area (Å²) in [7, 11) is 1.71. The van der Waals surface area contributed by atoms with Crippen molar-refractivity contribution < 1.29 is 4.74 Å². The van der Waals surface area contributed by atoms with E-state index in [0.29, 0.717) is 0 Å². The minimum atomic E-state index is -0.144. The summed E-state index contributed by atoms with van der Waals surface area (Å²) in [5.74, 6) is 0.888. The van der Waals surface area contributed by atoms with Gasteiger partial charge in [0.05, 0.1) is 7.11 Å². The van der Waals surface area contributed by atoms with Crippen molar-refractivity contribution in [3.8, 4) is 0 Å². The zero-order chi connectivity index (χ0) is 16.1. The Balaban J connectivity index is 2.23. The Kier molecular flexibility index (Phi) is 4.47. The Hall–Kier alpha value is -2.54. The second-order valence-corrected chi connectivity index (χ2v) is 5.87. The van der Waals surface area contributed by atoms with Crippen LogP contribution in [0.5, 0.6) is 0 Å². The Morgan fingerprint density at radius 3 is 1.91 bits per heavy atom. The van der Waals surface area contributed by atoms with Crippen molar-refractivity contribution >= 4 is 0 Å². The van der Waals surface area contributed by atoms with Gasteiger partial charge in [0.15, 0.2) is 0 Å². The normalized spacial score (nSPS) is 16.8. The van der Waals surface area contributed by atoms with Crippen molar-refractivity contribution in [2.75, 3.05) is 7.11 Å². The number of benzene rings is 2. The third-order valence-corrected chi connectivity index (χ3v) is 4.65. The van der Waals surface area contributed by atoms with Gasteiger partial charge in [-0.15, -0.1) is 0 Å². The van der Waals surface area contributed by atoms with Crippen molar-refractivity contribution in [1.82, 2.24) is 0 Å². The fourth-order valence-corrected chi connectivity index (χ4v) is 3.36. The Labute approximate surface area is 138 Å². The molecule has 0 unspecified atom stereocenters. The number of methoxy groups -OCH3 is 1. The molecule has 1 nitrogen and oxygen atoms in total. The molecule has 0 amide bonds. The molecule has 1 aliphatic carbocycles. The molecule has 0 spiro atoms. The van der Waals surface area contributed by atoms with E-state index in [1.807, 2.05) is 6.08 Å². The number of hydrogen-bond acceptors (Lipinski definition) is 1. The van der Waals surface area contributed by atoms with Crippen LogP contribution in [0, 0.1) is 0 Å². The van der Waals surface area contributed by atoms with Crippen LogP contribution in [-0.2, 0) is 10.2 Å². The lowest BCUT2D eigenvalue weighted by molar-refractivity contribution is 0.306. The average Bonchev–Trinajstić information content (AvgIpc) is 2.61. The van der Waals surface area contributed by atoms with Gasteiger partial charge in [-0.05, 0) is 36.6 Å². The molecule has 0 radical (unpaired) electrons. The molecular weight excluding hydrogens is 280 g/mol. The van der Waals surface area contributed by atoms with Crippen LogP contribution in [0.1, 0.15) is 24.5 Å². The van der Waals surface area contributed by atoms with Gasteiger partial charge in [-0.3, -0.25) is 0 Å². The van der Waals surface area contributed by atoms with Crippen molar-refractivity contribution in [3.63, 3.8) is 0 Å². The van der Waals surface area contributed by atoms with E-state index in [1.54, 1.807) is 7.11 Å². The molecular formula is C22H22O. The number of rotatable bonds is 3. The lowest BCUT2D eigenvalue weighted by Crippen LogP contribution is -2.29. The lowest BCUT2D eigenvalue weighted by Gasteiger charge is -2.36. The Morgan fingerprint density at radius 2 is 1.39 bits per heavy atom. The standard InChI is InChI=1S/C22H22O/c1-18-15-16-21(23-2)14-9-17-22(18,19-10-5-3-6-11-19)20-12-7-4-8-13-20/h3-16H,17H2,1-2H3. The SMILES string of the molecule is COC1=CC=C(C)C(c2ccccc2)(c2ccccc2)CC=C1. The van der Waals surface area contributed by atoms with Gasteiger partial charge in [-0.1, -0.05) is 78.4 Å². The highest BCUT2D eigenvalue weighted by atomic mass is 16.5. The summed E-state index contributed by atoms with van der Waals surface area (Å²) in [4.78, 5) is 0. The van der Waals surface area contributed by atoms with E-state index < -0.39 is 0 Å². The summed E-state index contributed by atoms with van der Waals surface area (Å²) in [6.45, 7) is 2.21. The fourth-order valence-electron chi connectivity index (χ4n) is 3.36. The predicted molar refractivity (Wildman–Crippen MR) is 96.3 cm³/mol. The number of allylic oxidation sites excluding steroid dienone is 5. The predicted octanol–water partition coefficient (Wildman–Crippen LogP) is 5.41. The van der Waals surface area contributed by atoms with E-state index in [0.717, 1.165) is 12.2 Å². The maximum atomic E-state index is 5.38. The summed E-state index contributed by atoms with van der Waals surface area (Å²) < 4.78 is 5.38. The first-order valence-electron chi connectivity index (χ1n) is 7.98. The van der Waals surface area contributed by atoms with Crippen molar-refractivity contribution in [3.05, 3.63) is 107 Å². The topological polar surface area (TPSA) is 9.23 Å². The zero-order valence-electron chi connectivity index (χ0n) is 13.7. The monoisotopic (exact) mass is 302 g/mol. The van der Waals surface area contributed by atoms with Crippen LogP contribution in [0.3, 0.4) is 0 Å². The van der Waals surface area contributed by atoms with E-state index in [-0.39, 0.29) is 5.41 Å². The highest BCUT2D eigenvalue weighted by Gasteiger charge is 2.35.